The Hall–Kier alpha value is -3.12. The van der Waals surface area contributed by atoms with Gasteiger partial charge in [-0.3, -0.25) is 4.79 Å². The minimum atomic E-state index is -4.65. The van der Waals surface area contributed by atoms with Crippen LogP contribution in [0.2, 0.25) is 0 Å². The molecule has 3 N–H and O–H groups in total. The molecule has 12 heteroatoms. The fraction of sp³-hybridized carbons (Fsp3) is 0.300. The van der Waals surface area contributed by atoms with Gasteiger partial charge in [-0.2, -0.15) is 17.5 Å². The van der Waals surface area contributed by atoms with Gasteiger partial charge in [0, 0.05) is 38.3 Å². The lowest BCUT2D eigenvalue weighted by molar-refractivity contribution is -0.137. The largest absolute Gasteiger partial charge is 0.416 e. The first-order chi connectivity index (χ1) is 15.0. The molecule has 0 saturated carbocycles. The van der Waals surface area contributed by atoms with E-state index >= 15 is 0 Å². The van der Waals surface area contributed by atoms with Gasteiger partial charge >= 0.3 is 12.2 Å². The van der Waals surface area contributed by atoms with Crippen molar-refractivity contribution in [2.45, 2.75) is 17.6 Å². The Kier molecular flexibility index (Phi) is 6.74. The summed E-state index contributed by atoms with van der Waals surface area (Å²) in [7, 11) is -4.13. The van der Waals surface area contributed by atoms with Crippen LogP contribution in [-0.2, 0) is 22.7 Å². The maximum absolute atomic E-state index is 12.9. The standard InChI is InChI=1S/C20H21F3N4O4S/c21-20(22,23)16-2-1-3-17(12-16)32(30,31)27-10-8-26(9-11-27)18(28)15-6-4-14(5-7-15)13-25-19(24)29/h1-7,12H,8-11,13H2,(H3,24,25,29). The Bertz CT molecular complexity index is 1100. The molecule has 3 amide bonds. The zero-order chi connectivity index (χ0) is 23.5. The van der Waals surface area contributed by atoms with Crippen molar-refractivity contribution in [2.24, 2.45) is 5.73 Å². The van der Waals surface area contributed by atoms with E-state index in [1.807, 2.05) is 0 Å². The first-order valence-corrected chi connectivity index (χ1v) is 11.0. The minimum absolute atomic E-state index is 0.0368. The van der Waals surface area contributed by atoms with Gasteiger partial charge < -0.3 is 16.0 Å². The van der Waals surface area contributed by atoms with E-state index in [2.05, 4.69) is 5.32 Å². The number of nitrogens with one attached hydrogen (secondary N) is 1. The number of nitrogens with two attached hydrogens (primary N) is 1. The highest BCUT2D eigenvalue weighted by molar-refractivity contribution is 7.89. The third-order valence-corrected chi connectivity index (χ3v) is 6.89. The number of alkyl halides is 3. The lowest BCUT2D eigenvalue weighted by Gasteiger charge is -2.34. The monoisotopic (exact) mass is 470 g/mol. The van der Waals surface area contributed by atoms with Gasteiger partial charge in [-0.25, -0.2) is 13.2 Å². The number of nitrogens with zero attached hydrogens (tertiary/aromatic N) is 2. The molecule has 0 spiro atoms. The first kappa shape index (κ1) is 23.5. The van der Waals surface area contributed by atoms with Crippen molar-refractivity contribution < 1.29 is 31.2 Å². The van der Waals surface area contributed by atoms with Crippen LogP contribution in [0.3, 0.4) is 0 Å². The topological polar surface area (TPSA) is 113 Å². The van der Waals surface area contributed by atoms with Crippen molar-refractivity contribution in [1.82, 2.24) is 14.5 Å². The average molecular weight is 470 g/mol. The van der Waals surface area contributed by atoms with E-state index in [1.165, 1.54) is 4.90 Å². The number of carbonyl (C=O) groups is 2. The second-order valence-corrected chi connectivity index (χ2v) is 9.07. The summed E-state index contributed by atoms with van der Waals surface area (Å²) >= 11 is 0. The molecule has 0 aromatic heterocycles. The Morgan fingerprint density at radius 3 is 2.19 bits per heavy atom. The number of amides is 3. The van der Waals surface area contributed by atoms with Crippen LogP contribution in [-0.4, -0.2) is 55.7 Å². The summed E-state index contributed by atoms with van der Waals surface area (Å²) in [6.07, 6.45) is -4.65. The SMILES string of the molecule is NC(=O)NCc1ccc(C(=O)N2CCN(S(=O)(=O)c3cccc(C(F)(F)F)c3)CC2)cc1. The molecule has 0 atom stereocenters. The molecule has 0 unspecified atom stereocenters. The highest BCUT2D eigenvalue weighted by Crippen LogP contribution is 2.31. The second-order valence-electron chi connectivity index (χ2n) is 7.14. The Labute approximate surface area is 182 Å². The van der Waals surface area contributed by atoms with Crippen molar-refractivity contribution in [2.75, 3.05) is 26.2 Å². The number of rotatable bonds is 5. The molecule has 1 fully saturated rings. The molecule has 1 aliphatic heterocycles. The molecule has 0 aliphatic carbocycles. The van der Waals surface area contributed by atoms with Gasteiger partial charge in [0.05, 0.1) is 10.5 Å². The molecule has 0 radical (unpaired) electrons. The van der Waals surface area contributed by atoms with Gasteiger partial charge in [-0.05, 0) is 35.9 Å². The minimum Gasteiger partial charge on any atom is -0.352 e. The molecule has 8 nitrogen and oxygen atoms in total. The molecule has 0 bridgehead atoms. The fourth-order valence-electron chi connectivity index (χ4n) is 3.25. The van der Waals surface area contributed by atoms with E-state index in [1.54, 1.807) is 24.3 Å². The van der Waals surface area contributed by atoms with Crippen molar-refractivity contribution in [1.29, 1.82) is 0 Å². The number of halogens is 3. The molecule has 1 aliphatic rings. The molecule has 1 saturated heterocycles. The van der Waals surface area contributed by atoms with Crippen LogP contribution in [0.1, 0.15) is 21.5 Å². The number of carbonyl (C=O) groups excluding carboxylic acids is 2. The summed E-state index contributed by atoms with van der Waals surface area (Å²) < 4.78 is 65.4. The molecule has 3 rings (SSSR count). The summed E-state index contributed by atoms with van der Waals surface area (Å²) in [6.45, 7) is 0.343. The van der Waals surface area contributed by atoms with Crippen LogP contribution in [0.4, 0.5) is 18.0 Å². The predicted octanol–water partition coefficient (Wildman–Crippen LogP) is 2.02. The molecular formula is C20H21F3N4O4S. The number of sulfonamides is 1. The highest BCUT2D eigenvalue weighted by Gasteiger charge is 2.34. The third-order valence-electron chi connectivity index (χ3n) is 4.99. The maximum Gasteiger partial charge on any atom is 0.416 e. The van der Waals surface area contributed by atoms with Crippen molar-refractivity contribution in [3.8, 4) is 0 Å². The van der Waals surface area contributed by atoms with E-state index < -0.39 is 32.7 Å². The van der Waals surface area contributed by atoms with Crippen molar-refractivity contribution >= 4 is 22.0 Å². The smallest absolute Gasteiger partial charge is 0.352 e. The molecule has 172 valence electrons. The molecular weight excluding hydrogens is 449 g/mol. The molecule has 2 aromatic carbocycles. The van der Waals surface area contributed by atoms with Gasteiger partial charge in [0.25, 0.3) is 5.91 Å². The quantitative estimate of drug-likeness (QED) is 0.696. The third kappa shape index (κ3) is 5.37. The summed E-state index contributed by atoms with van der Waals surface area (Å²) in [5.41, 5.74) is 5.11. The second kappa shape index (κ2) is 9.17. The highest BCUT2D eigenvalue weighted by atomic mass is 32.2. The molecule has 1 heterocycles. The maximum atomic E-state index is 12.9. The number of hydrogen-bond donors (Lipinski definition) is 2. The van der Waals surface area contributed by atoms with E-state index in [4.69, 9.17) is 5.73 Å². The summed E-state index contributed by atoms with van der Waals surface area (Å²) in [4.78, 5) is 24.5. The van der Waals surface area contributed by atoms with Crippen molar-refractivity contribution in [3.05, 3.63) is 65.2 Å². The number of benzene rings is 2. The lowest BCUT2D eigenvalue weighted by atomic mass is 10.1. The Morgan fingerprint density at radius 2 is 1.62 bits per heavy atom. The van der Waals surface area contributed by atoms with E-state index in [9.17, 15) is 31.2 Å². The number of piperazine rings is 1. The lowest BCUT2D eigenvalue weighted by Crippen LogP contribution is -2.50. The Balaban J connectivity index is 1.64. The van der Waals surface area contributed by atoms with Crippen LogP contribution in [0, 0.1) is 0 Å². The summed E-state index contributed by atoms with van der Waals surface area (Å²) in [5.74, 6) is -0.296. The summed E-state index contributed by atoms with van der Waals surface area (Å²) in [5, 5.41) is 2.44. The fourth-order valence-corrected chi connectivity index (χ4v) is 4.72. The number of hydrogen-bond acceptors (Lipinski definition) is 4. The summed E-state index contributed by atoms with van der Waals surface area (Å²) in [6, 6.07) is 9.44. The van der Waals surface area contributed by atoms with Crippen LogP contribution in [0.15, 0.2) is 53.4 Å². The van der Waals surface area contributed by atoms with Gasteiger partial charge in [0.2, 0.25) is 10.0 Å². The first-order valence-electron chi connectivity index (χ1n) is 9.57. The number of primary amides is 1. The Morgan fingerprint density at radius 1 is 1.00 bits per heavy atom. The predicted molar refractivity (Wildman–Crippen MR) is 109 cm³/mol. The van der Waals surface area contributed by atoms with Crippen LogP contribution in [0.5, 0.6) is 0 Å². The molecule has 2 aromatic rings. The molecule has 32 heavy (non-hydrogen) atoms. The van der Waals surface area contributed by atoms with E-state index in [0.29, 0.717) is 11.6 Å². The average Bonchev–Trinajstić information content (AvgIpc) is 2.77. The van der Waals surface area contributed by atoms with Gasteiger partial charge in [0.15, 0.2) is 0 Å². The van der Waals surface area contributed by atoms with Crippen LogP contribution in [0.25, 0.3) is 0 Å². The van der Waals surface area contributed by atoms with Gasteiger partial charge in [0.1, 0.15) is 0 Å². The normalized spacial score (nSPS) is 15.4. The van der Waals surface area contributed by atoms with Crippen LogP contribution < -0.4 is 11.1 Å². The van der Waals surface area contributed by atoms with Gasteiger partial charge in [-0.15, -0.1) is 0 Å². The zero-order valence-corrected chi connectivity index (χ0v) is 17.6. The van der Waals surface area contributed by atoms with Gasteiger partial charge in [-0.1, -0.05) is 18.2 Å². The van der Waals surface area contributed by atoms with Crippen LogP contribution >= 0.6 is 0 Å². The van der Waals surface area contributed by atoms with E-state index in [0.717, 1.165) is 28.1 Å². The van der Waals surface area contributed by atoms with Crippen molar-refractivity contribution in [3.63, 3.8) is 0 Å². The van der Waals surface area contributed by atoms with E-state index in [-0.39, 0.29) is 38.6 Å². The number of urea groups is 1. The zero-order valence-electron chi connectivity index (χ0n) is 16.8.